The third kappa shape index (κ3) is 5.13. The standard InChI is InChI=1S/C21H19N3O5/c1-14-5-4-8-18(24(27)28)21(14)23-19(25)13-29-20(26)12-11-16-10-9-15-6-2-3-7-17(15)22-16/h2-10H,11-13H2,1H3,(H,23,25). The molecule has 1 amide bonds. The van der Waals surface area contributed by atoms with Gasteiger partial charge < -0.3 is 10.1 Å². The summed E-state index contributed by atoms with van der Waals surface area (Å²) in [6, 6.07) is 15.9. The van der Waals surface area contributed by atoms with Gasteiger partial charge in [-0.25, -0.2) is 0 Å². The average molecular weight is 393 g/mol. The van der Waals surface area contributed by atoms with E-state index in [1.54, 1.807) is 13.0 Å². The van der Waals surface area contributed by atoms with Crippen LogP contribution >= 0.6 is 0 Å². The number of aryl methyl sites for hydroxylation is 2. The van der Waals surface area contributed by atoms with Crippen LogP contribution in [0, 0.1) is 17.0 Å². The van der Waals surface area contributed by atoms with Crippen molar-refractivity contribution in [3.63, 3.8) is 0 Å². The van der Waals surface area contributed by atoms with E-state index in [0.29, 0.717) is 12.0 Å². The molecule has 0 bridgehead atoms. The van der Waals surface area contributed by atoms with Gasteiger partial charge in [0.1, 0.15) is 5.69 Å². The molecule has 0 saturated carbocycles. The van der Waals surface area contributed by atoms with Crippen molar-refractivity contribution in [3.8, 4) is 0 Å². The van der Waals surface area contributed by atoms with Crippen molar-refractivity contribution in [3.05, 3.63) is 76.0 Å². The highest BCUT2D eigenvalue weighted by atomic mass is 16.6. The molecule has 8 nitrogen and oxygen atoms in total. The van der Waals surface area contributed by atoms with Crippen molar-refractivity contribution in [1.82, 2.24) is 4.98 Å². The highest BCUT2D eigenvalue weighted by Gasteiger charge is 2.18. The summed E-state index contributed by atoms with van der Waals surface area (Å²) in [6.45, 7) is 1.13. The number of nitro benzene ring substituents is 1. The molecule has 0 aliphatic heterocycles. The molecule has 0 saturated heterocycles. The number of carbonyl (C=O) groups is 2. The third-order valence-corrected chi connectivity index (χ3v) is 4.32. The molecular formula is C21H19N3O5. The molecule has 29 heavy (non-hydrogen) atoms. The molecule has 1 aromatic heterocycles. The normalized spacial score (nSPS) is 10.5. The van der Waals surface area contributed by atoms with Gasteiger partial charge in [0.15, 0.2) is 6.61 Å². The van der Waals surface area contributed by atoms with Crippen LogP contribution in [-0.2, 0) is 20.7 Å². The molecule has 3 rings (SSSR count). The number of ether oxygens (including phenoxy) is 1. The van der Waals surface area contributed by atoms with Crippen molar-refractivity contribution >= 4 is 34.2 Å². The van der Waals surface area contributed by atoms with E-state index in [1.807, 2.05) is 36.4 Å². The SMILES string of the molecule is Cc1cccc([N+](=O)[O-])c1NC(=O)COC(=O)CCc1ccc2ccccc2n1. The number of fused-ring (bicyclic) bond motifs is 1. The highest BCUT2D eigenvalue weighted by molar-refractivity contribution is 5.95. The molecule has 3 aromatic rings. The zero-order chi connectivity index (χ0) is 20.8. The van der Waals surface area contributed by atoms with Gasteiger partial charge in [0.05, 0.1) is 16.9 Å². The first-order valence-corrected chi connectivity index (χ1v) is 8.98. The Labute approximate surface area is 166 Å². The van der Waals surface area contributed by atoms with Crippen LogP contribution in [0.4, 0.5) is 11.4 Å². The van der Waals surface area contributed by atoms with Crippen LogP contribution < -0.4 is 5.32 Å². The number of pyridine rings is 1. The van der Waals surface area contributed by atoms with E-state index < -0.39 is 23.4 Å². The number of esters is 1. The molecule has 0 radical (unpaired) electrons. The number of anilines is 1. The summed E-state index contributed by atoms with van der Waals surface area (Å²) in [4.78, 5) is 39.0. The van der Waals surface area contributed by atoms with E-state index in [-0.39, 0.29) is 17.8 Å². The van der Waals surface area contributed by atoms with Crippen LogP contribution in [0.5, 0.6) is 0 Å². The Bertz CT molecular complexity index is 1080. The summed E-state index contributed by atoms with van der Waals surface area (Å²) in [5, 5.41) is 14.5. The second kappa shape index (κ2) is 8.92. The summed E-state index contributed by atoms with van der Waals surface area (Å²) in [7, 11) is 0. The van der Waals surface area contributed by atoms with Gasteiger partial charge in [0.25, 0.3) is 11.6 Å². The van der Waals surface area contributed by atoms with Crippen LogP contribution in [0.15, 0.2) is 54.6 Å². The second-order valence-corrected chi connectivity index (χ2v) is 6.43. The zero-order valence-corrected chi connectivity index (χ0v) is 15.8. The predicted molar refractivity (Wildman–Crippen MR) is 107 cm³/mol. The summed E-state index contributed by atoms with van der Waals surface area (Å²) in [5.74, 6) is -1.19. The number of para-hydroxylation sites is 2. The molecule has 0 atom stereocenters. The van der Waals surface area contributed by atoms with E-state index in [1.165, 1.54) is 12.1 Å². The number of hydrogen-bond donors (Lipinski definition) is 1. The number of amides is 1. The maximum Gasteiger partial charge on any atom is 0.306 e. The van der Waals surface area contributed by atoms with Gasteiger partial charge in [-0.2, -0.15) is 0 Å². The van der Waals surface area contributed by atoms with Crippen LogP contribution in [0.2, 0.25) is 0 Å². The monoisotopic (exact) mass is 393 g/mol. The van der Waals surface area contributed by atoms with E-state index >= 15 is 0 Å². The van der Waals surface area contributed by atoms with E-state index in [2.05, 4.69) is 10.3 Å². The first-order chi connectivity index (χ1) is 13.9. The molecule has 2 aromatic carbocycles. The molecule has 0 fully saturated rings. The Morgan fingerprint density at radius 3 is 2.69 bits per heavy atom. The summed E-state index contributed by atoms with van der Waals surface area (Å²) < 4.78 is 4.98. The Morgan fingerprint density at radius 2 is 1.90 bits per heavy atom. The number of hydrogen-bond acceptors (Lipinski definition) is 6. The number of aromatic nitrogens is 1. The smallest absolute Gasteiger partial charge is 0.306 e. The van der Waals surface area contributed by atoms with E-state index in [9.17, 15) is 19.7 Å². The Morgan fingerprint density at radius 1 is 1.10 bits per heavy atom. The zero-order valence-electron chi connectivity index (χ0n) is 15.8. The van der Waals surface area contributed by atoms with Crippen LogP contribution in [-0.4, -0.2) is 28.4 Å². The number of carbonyl (C=O) groups excluding carboxylic acids is 2. The molecular weight excluding hydrogens is 374 g/mol. The lowest BCUT2D eigenvalue weighted by Gasteiger charge is -2.09. The van der Waals surface area contributed by atoms with Gasteiger partial charge in [-0.05, 0) is 24.6 Å². The Hall–Kier alpha value is -3.81. The topological polar surface area (TPSA) is 111 Å². The minimum atomic E-state index is -0.639. The van der Waals surface area contributed by atoms with Gasteiger partial charge in [-0.15, -0.1) is 0 Å². The molecule has 8 heteroatoms. The van der Waals surface area contributed by atoms with Crippen molar-refractivity contribution in [2.75, 3.05) is 11.9 Å². The van der Waals surface area contributed by atoms with E-state index in [0.717, 1.165) is 16.6 Å². The van der Waals surface area contributed by atoms with E-state index in [4.69, 9.17) is 4.74 Å². The number of rotatable bonds is 7. The maximum absolute atomic E-state index is 12.0. The fourth-order valence-corrected chi connectivity index (χ4v) is 2.84. The fourth-order valence-electron chi connectivity index (χ4n) is 2.84. The number of nitrogens with one attached hydrogen (secondary N) is 1. The molecule has 0 aliphatic carbocycles. The first kappa shape index (κ1) is 19.9. The third-order valence-electron chi connectivity index (χ3n) is 4.32. The molecule has 0 unspecified atom stereocenters. The molecule has 148 valence electrons. The quantitative estimate of drug-likeness (QED) is 0.373. The van der Waals surface area contributed by atoms with Gasteiger partial charge in [-0.3, -0.25) is 24.7 Å². The van der Waals surface area contributed by atoms with Crippen LogP contribution in [0.3, 0.4) is 0 Å². The number of benzene rings is 2. The molecule has 1 heterocycles. The predicted octanol–water partition coefficient (Wildman–Crippen LogP) is 3.57. The van der Waals surface area contributed by atoms with Gasteiger partial charge in [0, 0.05) is 23.6 Å². The van der Waals surface area contributed by atoms with Crippen molar-refractivity contribution in [2.45, 2.75) is 19.8 Å². The Balaban J connectivity index is 1.51. The maximum atomic E-state index is 12.0. The Kier molecular flexibility index (Phi) is 6.13. The van der Waals surface area contributed by atoms with Crippen molar-refractivity contribution in [2.24, 2.45) is 0 Å². The van der Waals surface area contributed by atoms with Crippen LogP contribution in [0.1, 0.15) is 17.7 Å². The molecule has 0 aliphatic rings. The average Bonchev–Trinajstić information content (AvgIpc) is 2.71. The largest absolute Gasteiger partial charge is 0.456 e. The lowest BCUT2D eigenvalue weighted by Crippen LogP contribution is -2.22. The number of nitro groups is 1. The summed E-state index contributed by atoms with van der Waals surface area (Å²) in [6.07, 6.45) is 0.456. The van der Waals surface area contributed by atoms with Gasteiger partial charge in [0.2, 0.25) is 0 Å². The van der Waals surface area contributed by atoms with Gasteiger partial charge in [-0.1, -0.05) is 36.4 Å². The second-order valence-electron chi connectivity index (χ2n) is 6.43. The molecule has 1 N–H and O–H groups in total. The van der Waals surface area contributed by atoms with Crippen LogP contribution in [0.25, 0.3) is 10.9 Å². The fraction of sp³-hybridized carbons (Fsp3) is 0.190. The highest BCUT2D eigenvalue weighted by Crippen LogP contribution is 2.27. The summed E-state index contributed by atoms with van der Waals surface area (Å²) >= 11 is 0. The lowest BCUT2D eigenvalue weighted by atomic mass is 10.1. The number of nitrogens with zero attached hydrogens (tertiary/aromatic N) is 2. The molecule has 0 spiro atoms. The lowest BCUT2D eigenvalue weighted by molar-refractivity contribution is -0.384. The van der Waals surface area contributed by atoms with Gasteiger partial charge >= 0.3 is 5.97 Å². The first-order valence-electron chi connectivity index (χ1n) is 8.98. The minimum absolute atomic E-state index is 0.0726. The summed E-state index contributed by atoms with van der Waals surface area (Å²) in [5.41, 5.74) is 2.02. The van der Waals surface area contributed by atoms with Crippen molar-refractivity contribution < 1.29 is 19.2 Å². The minimum Gasteiger partial charge on any atom is -0.456 e. The van der Waals surface area contributed by atoms with Crippen molar-refractivity contribution in [1.29, 1.82) is 0 Å².